The molecule has 72 valence electrons. The molecule has 0 aliphatic heterocycles. The first-order valence-corrected chi connectivity index (χ1v) is 6.83. The second-order valence-corrected chi connectivity index (χ2v) is 7.80. The molecule has 1 rings (SSSR count). The van der Waals surface area contributed by atoms with Crippen LogP contribution in [0.25, 0.3) is 0 Å². The second-order valence-electron chi connectivity index (χ2n) is 2.27. The molecule has 0 atom stereocenters. The van der Waals surface area contributed by atoms with Crippen molar-refractivity contribution < 1.29 is 0 Å². The molecule has 0 bridgehead atoms. The third kappa shape index (κ3) is 3.57. The monoisotopic (exact) mass is 516 g/mol. The lowest BCUT2D eigenvalue weighted by molar-refractivity contribution is 0.631. The molecule has 0 fully saturated rings. The Kier molecular flexibility index (Phi) is 5.37. The number of halogens is 3. The Labute approximate surface area is 117 Å². The highest BCUT2D eigenvalue weighted by molar-refractivity contribution is 14.2. The van der Waals surface area contributed by atoms with Crippen LogP contribution in [0.2, 0.25) is 0 Å². The molecule has 0 radical (unpaired) electrons. The van der Waals surface area contributed by atoms with Crippen molar-refractivity contribution in [2.24, 2.45) is 0 Å². The maximum atomic E-state index is 3.92. The number of allylic oxidation sites excluding steroid dienone is 1. The Morgan fingerprint density at radius 2 is 2.08 bits per heavy atom. The Balaban J connectivity index is 2.80. The van der Waals surface area contributed by atoms with Crippen LogP contribution in [0.4, 0.5) is 0 Å². The summed E-state index contributed by atoms with van der Waals surface area (Å²) in [5.41, 5.74) is 0. The van der Waals surface area contributed by atoms with Crippen LogP contribution in [0, 0.1) is 0 Å². The summed E-state index contributed by atoms with van der Waals surface area (Å²) in [7, 11) is 0. The number of nitrogens with zero attached hydrogens (tertiary/aromatic N) is 4. The summed E-state index contributed by atoms with van der Waals surface area (Å²) < 4.78 is 4.35. The lowest BCUT2D eigenvalue weighted by Gasteiger charge is -2.01. The van der Waals surface area contributed by atoms with E-state index in [4.69, 9.17) is 0 Å². The summed E-state index contributed by atoms with van der Waals surface area (Å²) in [6.45, 7) is 2.83. The smallest absolute Gasteiger partial charge is 0.151 e. The van der Waals surface area contributed by atoms with Gasteiger partial charge in [-0.2, -0.15) is 0 Å². The van der Waals surface area contributed by atoms with E-state index >= 15 is 0 Å². The topological polar surface area (TPSA) is 43.6 Å². The van der Waals surface area contributed by atoms with Crippen molar-refractivity contribution in [1.29, 1.82) is 0 Å². The SMILES string of the molecule is CCc1nnnn1CC(I)=C(I)I. The standard InChI is InChI=1S/C6H7I3N4/c1-2-5-10-11-12-13(5)3-4(7)6(8)9/h2-3H2,1H3. The molecular formula is C6H7I3N4. The van der Waals surface area contributed by atoms with Crippen molar-refractivity contribution >= 4 is 67.8 Å². The van der Waals surface area contributed by atoms with Crippen LogP contribution in [0.5, 0.6) is 0 Å². The van der Waals surface area contributed by atoms with Gasteiger partial charge in [0.1, 0.15) is 0 Å². The maximum Gasteiger partial charge on any atom is 0.151 e. The lowest BCUT2D eigenvalue weighted by Crippen LogP contribution is -2.05. The molecule has 1 aromatic heterocycles. The molecule has 0 amide bonds. The molecule has 1 heterocycles. The zero-order valence-electron chi connectivity index (χ0n) is 6.84. The minimum atomic E-state index is 0.776. The van der Waals surface area contributed by atoms with E-state index in [1.165, 1.54) is 5.17 Å². The van der Waals surface area contributed by atoms with Gasteiger partial charge in [0, 0.05) is 10.0 Å². The summed E-state index contributed by atoms with van der Waals surface area (Å²) >= 11 is 6.90. The molecule has 7 heteroatoms. The molecule has 0 spiro atoms. The molecular weight excluding hydrogens is 509 g/mol. The van der Waals surface area contributed by atoms with E-state index in [2.05, 4.69) is 83.3 Å². The highest BCUT2D eigenvalue weighted by Gasteiger charge is 2.05. The number of hydrogen-bond acceptors (Lipinski definition) is 3. The largest absolute Gasteiger partial charge is 0.225 e. The molecule has 1 aromatic rings. The average Bonchev–Trinajstić information content (AvgIpc) is 2.51. The van der Waals surface area contributed by atoms with Crippen LogP contribution in [-0.2, 0) is 13.0 Å². The first-order valence-electron chi connectivity index (χ1n) is 3.59. The highest BCUT2D eigenvalue weighted by atomic mass is 127. The number of aryl methyl sites for hydroxylation is 1. The Hall–Kier alpha value is 1.000. The van der Waals surface area contributed by atoms with Crippen molar-refractivity contribution in [3.8, 4) is 0 Å². The van der Waals surface area contributed by atoms with E-state index in [9.17, 15) is 0 Å². The quantitative estimate of drug-likeness (QED) is 0.582. The zero-order chi connectivity index (χ0) is 9.84. The fourth-order valence-electron chi connectivity index (χ4n) is 0.791. The minimum absolute atomic E-state index is 0.776. The van der Waals surface area contributed by atoms with Gasteiger partial charge in [0.2, 0.25) is 0 Å². The predicted octanol–water partition coefficient (Wildman–Crippen LogP) is 2.71. The van der Waals surface area contributed by atoms with Gasteiger partial charge in [-0.15, -0.1) is 5.10 Å². The van der Waals surface area contributed by atoms with Crippen molar-refractivity contribution in [3.05, 3.63) is 11.0 Å². The number of hydrogen-bond donors (Lipinski definition) is 0. The first-order chi connectivity index (χ1) is 6.15. The van der Waals surface area contributed by atoms with Crippen molar-refractivity contribution in [2.75, 3.05) is 0 Å². The van der Waals surface area contributed by atoms with Crippen LogP contribution in [0.1, 0.15) is 12.7 Å². The van der Waals surface area contributed by atoms with E-state index in [-0.39, 0.29) is 0 Å². The zero-order valence-corrected chi connectivity index (χ0v) is 13.3. The Morgan fingerprint density at radius 3 is 2.62 bits per heavy atom. The summed E-state index contributed by atoms with van der Waals surface area (Å²) in [5, 5.41) is 11.5. The predicted molar refractivity (Wildman–Crippen MR) is 76.3 cm³/mol. The highest BCUT2D eigenvalue weighted by Crippen LogP contribution is 2.26. The number of aromatic nitrogens is 4. The van der Waals surface area contributed by atoms with Gasteiger partial charge < -0.3 is 0 Å². The molecule has 0 aliphatic carbocycles. The summed E-state index contributed by atoms with van der Waals surface area (Å²) in [5.74, 6) is 0.934. The van der Waals surface area contributed by atoms with Gasteiger partial charge >= 0.3 is 0 Å². The fraction of sp³-hybridized carbons (Fsp3) is 0.500. The van der Waals surface area contributed by atoms with Crippen LogP contribution in [0.3, 0.4) is 0 Å². The van der Waals surface area contributed by atoms with Gasteiger partial charge in [0.25, 0.3) is 0 Å². The molecule has 4 nitrogen and oxygen atoms in total. The summed E-state index contributed by atoms with van der Waals surface area (Å²) in [6, 6.07) is 0. The maximum absolute atomic E-state index is 3.92. The van der Waals surface area contributed by atoms with E-state index < -0.39 is 0 Å². The van der Waals surface area contributed by atoms with Crippen molar-refractivity contribution in [2.45, 2.75) is 19.9 Å². The number of tetrazole rings is 1. The van der Waals surface area contributed by atoms with Gasteiger partial charge in [0.05, 0.1) is 8.13 Å². The van der Waals surface area contributed by atoms with E-state index in [1.54, 1.807) is 0 Å². The van der Waals surface area contributed by atoms with Crippen molar-refractivity contribution in [1.82, 2.24) is 20.2 Å². The van der Waals surface area contributed by atoms with Crippen LogP contribution in [0.15, 0.2) is 5.17 Å². The van der Waals surface area contributed by atoms with Crippen LogP contribution in [-0.4, -0.2) is 20.2 Å². The van der Waals surface area contributed by atoms with Gasteiger partial charge in [-0.3, -0.25) is 0 Å². The van der Waals surface area contributed by atoms with Gasteiger partial charge in [-0.25, -0.2) is 4.68 Å². The van der Waals surface area contributed by atoms with Gasteiger partial charge in [-0.1, -0.05) is 6.92 Å². The van der Waals surface area contributed by atoms with E-state index in [0.717, 1.165) is 18.8 Å². The molecule has 0 saturated carbocycles. The third-order valence-electron chi connectivity index (χ3n) is 1.42. The van der Waals surface area contributed by atoms with Crippen LogP contribution < -0.4 is 0 Å². The van der Waals surface area contributed by atoms with Crippen LogP contribution >= 0.6 is 67.8 Å². The molecule has 0 aromatic carbocycles. The Morgan fingerprint density at radius 1 is 1.38 bits per heavy atom. The van der Waals surface area contributed by atoms with Gasteiger partial charge in [-0.05, 0) is 78.2 Å². The average molecular weight is 516 g/mol. The molecule has 0 saturated heterocycles. The molecule has 0 aliphatic rings. The van der Waals surface area contributed by atoms with Gasteiger partial charge in [0.15, 0.2) is 5.82 Å². The van der Waals surface area contributed by atoms with Crippen molar-refractivity contribution in [3.63, 3.8) is 0 Å². The normalized spacial score (nSPS) is 10.2. The second kappa shape index (κ2) is 5.78. The minimum Gasteiger partial charge on any atom is -0.225 e. The summed E-state index contributed by atoms with van der Waals surface area (Å²) in [4.78, 5) is 0. The third-order valence-corrected chi connectivity index (χ3v) is 5.66. The molecule has 13 heavy (non-hydrogen) atoms. The molecule has 0 N–H and O–H groups in total. The lowest BCUT2D eigenvalue weighted by atomic mass is 10.4. The Bertz CT molecular complexity index is 315. The number of rotatable bonds is 3. The molecule has 0 unspecified atom stereocenters. The van der Waals surface area contributed by atoms with E-state index in [0.29, 0.717) is 0 Å². The van der Waals surface area contributed by atoms with E-state index in [1.807, 2.05) is 11.6 Å². The fourth-order valence-corrected chi connectivity index (χ4v) is 1.45. The summed E-state index contributed by atoms with van der Waals surface area (Å²) in [6.07, 6.45) is 0.870. The first kappa shape index (κ1) is 12.1.